The van der Waals surface area contributed by atoms with Crippen molar-refractivity contribution in [1.29, 1.82) is 0 Å². The highest BCUT2D eigenvalue weighted by atomic mass is 16.3. The van der Waals surface area contributed by atoms with Crippen LogP contribution in [0.5, 0.6) is 5.75 Å². The van der Waals surface area contributed by atoms with Crippen molar-refractivity contribution >= 4 is 10.9 Å². The van der Waals surface area contributed by atoms with Gasteiger partial charge in [0.25, 0.3) is 0 Å². The molecule has 0 aliphatic heterocycles. The number of benzene rings is 1. The van der Waals surface area contributed by atoms with Gasteiger partial charge in [0.2, 0.25) is 0 Å². The first kappa shape index (κ1) is 10.1. The van der Waals surface area contributed by atoms with Gasteiger partial charge in [-0.15, -0.1) is 0 Å². The molecule has 0 saturated carbocycles. The molecule has 0 aliphatic rings. The highest BCUT2D eigenvalue weighted by Gasteiger charge is 2.09. The number of nitrogens with two attached hydrogens (primary N) is 1. The molecule has 0 amide bonds. The second-order valence-electron chi connectivity index (χ2n) is 3.95. The fraction of sp³-hybridized carbons (Fsp3) is 0.333. The lowest BCUT2D eigenvalue weighted by Crippen LogP contribution is -2.03. The van der Waals surface area contributed by atoms with Crippen molar-refractivity contribution in [2.24, 2.45) is 5.73 Å². The van der Waals surface area contributed by atoms with E-state index in [9.17, 15) is 5.11 Å². The summed E-state index contributed by atoms with van der Waals surface area (Å²) in [6, 6.07) is 3.79. The molecule has 4 N–H and O–H groups in total. The lowest BCUT2D eigenvalue weighted by atomic mass is 10.1. The Morgan fingerprint density at radius 2 is 2.07 bits per heavy atom. The molecule has 80 valence electrons. The smallest absolute Gasteiger partial charge is 0.119 e. The summed E-state index contributed by atoms with van der Waals surface area (Å²) in [5.41, 5.74) is 9.89. The van der Waals surface area contributed by atoms with E-state index in [1.54, 1.807) is 0 Å². The van der Waals surface area contributed by atoms with Crippen molar-refractivity contribution in [1.82, 2.24) is 4.98 Å². The molecule has 0 saturated heterocycles. The number of rotatable bonds is 2. The highest BCUT2D eigenvalue weighted by molar-refractivity contribution is 5.86. The summed E-state index contributed by atoms with van der Waals surface area (Å²) in [4.78, 5) is 3.31. The molecule has 3 nitrogen and oxygen atoms in total. The number of hydrogen-bond acceptors (Lipinski definition) is 2. The van der Waals surface area contributed by atoms with Crippen LogP contribution in [-0.2, 0) is 6.42 Å². The van der Waals surface area contributed by atoms with E-state index in [0.717, 1.165) is 28.6 Å². The molecule has 0 radical (unpaired) electrons. The molecule has 3 heteroatoms. The number of aromatic hydroxyl groups is 1. The molecule has 0 atom stereocenters. The molecule has 0 bridgehead atoms. The van der Waals surface area contributed by atoms with Crippen LogP contribution in [0.1, 0.15) is 16.8 Å². The van der Waals surface area contributed by atoms with Crippen LogP contribution in [0.15, 0.2) is 12.1 Å². The normalized spacial score (nSPS) is 11.1. The van der Waals surface area contributed by atoms with Gasteiger partial charge >= 0.3 is 0 Å². The zero-order valence-electron chi connectivity index (χ0n) is 9.09. The zero-order valence-corrected chi connectivity index (χ0v) is 9.09. The maximum absolute atomic E-state index is 9.67. The van der Waals surface area contributed by atoms with E-state index in [2.05, 4.69) is 4.98 Å². The van der Waals surface area contributed by atoms with Gasteiger partial charge in [-0.2, -0.15) is 0 Å². The van der Waals surface area contributed by atoms with E-state index in [-0.39, 0.29) is 0 Å². The summed E-state index contributed by atoms with van der Waals surface area (Å²) in [7, 11) is 0. The maximum Gasteiger partial charge on any atom is 0.119 e. The first-order valence-corrected chi connectivity index (χ1v) is 5.14. The second kappa shape index (κ2) is 3.59. The molecule has 1 aromatic heterocycles. The molecule has 1 aromatic carbocycles. The van der Waals surface area contributed by atoms with Gasteiger partial charge in [-0.3, -0.25) is 0 Å². The third-order valence-electron chi connectivity index (χ3n) is 2.83. The van der Waals surface area contributed by atoms with Gasteiger partial charge in [0.05, 0.1) is 0 Å². The molecule has 2 aromatic rings. The zero-order chi connectivity index (χ0) is 11.0. The summed E-state index contributed by atoms with van der Waals surface area (Å²) in [5.74, 6) is 0.347. The van der Waals surface area contributed by atoms with Crippen molar-refractivity contribution in [2.75, 3.05) is 6.54 Å². The highest BCUT2D eigenvalue weighted by Crippen LogP contribution is 2.28. The largest absolute Gasteiger partial charge is 0.508 e. The third-order valence-corrected chi connectivity index (χ3v) is 2.83. The fourth-order valence-electron chi connectivity index (χ4n) is 2.00. The summed E-state index contributed by atoms with van der Waals surface area (Å²) >= 11 is 0. The molecule has 2 rings (SSSR count). The molecule has 1 heterocycles. The van der Waals surface area contributed by atoms with Gasteiger partial charge < -0.3 is 15.8 Å². The second-order valence-corrected chi connectivity index (χ2v) is 3.95. The number of aromatic amines is 1. The van der Waals surface area contributed by atoms with Crippen molar-refractivity contribution < 1.29 is 5.11 Å². The van der Waals surface area contributed by atoms with Crippen molar-refractivity contribution in [3.8, 4) is 5.75 Å². The van der Waals surface area contributed by atoms with E-state index in [1.165, 1.54) is 5.56 Å². The Morgan fingerprint density at radius 3 is 2.73 bits per heavy atom. The minimum Gasteiger partial charge on any atom is -0.508 e. The van der Waals surface area contributed by atoms with Crippen LogP contribution in [0.25, 0.3) is 10.9 Å². The monoisotopic (exact) mass is 204 g/mol. The number of phenols is 1. The number of aromatic nitrogens is 1. The fourth-order valence-corrected chi connectivity index (χ4v) is 2.00. The van der Waals surface area contributed by atoms with Crippen molar-refractivity contribution in [3.63, 3.8) is 0 Å². The van der Waals surface area contributed by atoms with Crippen LogP contribution < -0.4 is 5.73 Å². The Morgan fingerprint density at radius 1 is 1.33 bits per heavy atom. The molecular formula is C12H16N2O. The first-order valence-electron chi connectivity index (χ1n) is 5.14. The predicted octanol–water partition coefficient (Wildman–Crippen LogP) is 1.99. The number of phenolic OH excluding ortho intramolecular Hbond substituents is 1. The van der Waals surface area contributed by atoms with E-state index in [0.29, 0.717) is 12.3 Å². The van der Waals surface area contributed by atoms with Crippen molar-refractivity contribution in [2.45, 2.75) is 20.3 Å². The van der Waals surface area contributed by atoms with E-state index < -0.39 is 0 Å². The van der Waals surface area contributed by atoms with Gasteiger partial charge in [0.1, 0.15) is 5.75 Å². The van der Waals surface area contributed by atoms with Crippen LogP contribution in [0, 0.1) is 13.8 Å². The minimum absolute atomic E-state index is 0.347. The Bertz CT molecular complexity index is 500. The Kier molecular flexibility index (Phi) is 2.40. The van der Waals surface area contributed by atoms with Gasteiger partial charge in [0, 0.05) is 16.6 Å². The lowest BCUT2D eigenvalue weighted by molar-refractivity contribution is 0.472. The van der Waals surface area contributed by atoms with Crippen molar-refractivity contribution in [3.05, 3.63) is 29.0 Å². The summed E-state index contributed by atoms with van der Waals surface area (Å²) in [5, 5.41) is 10.8. The number of nitrogens with one attached hydrogen (secondary N) is 1. The van der Waals surface area contributed by atoms with Crippen LogP contribution in [0.2, 0.25) is 0 Å². The topological polar surface area (TPSA) is 62.0 Å². The molecular weight excluding hydrogens is 188 g/mol. The first-order chi connectivity index (χ1) is 7.13. The van der Waals surface area contributed by atoms with Crippen LogP contribution in [-0.4, -0.2) is 16.6 Å². The molecule has 15 heavy (non-hydrogen) atoms. The SMILES string of the molecule is Cc1cc2[nH]c(C)c(CCN)c2cc1O. The molecule has 0 spiro atoms. The third kappa shape index (κ3) is 1.59. The average Bonchev–Trinajstić information content (AvgIpc) is 2.46. The standard InChI is InChI=1S/C12H16N2O/c1-7-5-11-10(6-12(7)15)9(3-4-13)8(2)14-11/h5-6,14-15H,3-4,13H2,1-2H3. The Hall–Kier alpha value is -1.48. The average molecular weight is 204 g/mol. The van der Waals surface area contributed by atoms with Crippen LogP contribution >= 0.6 is 0 Å². The van der Waals surface area contributed by atoms with E-state index in [4.69, 9.17) is 5.73 Å². The maximum atomic E-state index is 9.67. The summed E-state index contributed by atoms with van der Waals surface area (Å²) < 4.78 is 0. The lowest BCUT2D eigenvalue weighted by Gasteiger charge is -2.01. The predicted molar refractivity (Wildman–Crippen MR) is 62.2 cm³/mol. The van der Waals surface area contributed by atoms with E-state index >= 15 is 0 Å². The summed E-state index contributed by atoms with van der Waals surface area (Å²) in [6.07, 6.45) is 0.842. The molecule has 0 fully saturated rings. The van der Waals surface area contributed by atoms with Crippen LogP contribution in [0.3, 0.4) is 0 Å². The minimum atomic E-state index is 0.347. The van der Waals surface area contributed by atoms with Gasteiger partial charge in [-0.25, -0.2) is 0 Å². The van der Waals surface area contributed by atoms with E-state index in [1.807, 2.05) is 26.0 Å². The van der Waals surface area contributed by atoms with Gasteiger partial charge in [-0.05, 0) is 50.1 Å². The van der Waals surface area contributed by atoms with Crippen LogP contribution in [0.4, 0.5) is 0 Å². The number of hydrogen-bond donors (Lipinski definition) is 3. The summed E-state index contributed by atoms with van der Waals surface area (Å²) in [6.45, 7) is 4.56. The molecule has 0 aliphatic carbocycles. The number of fused-ring (bicyclic) bond motifs is 1. The Labute approximate surface area is 88.9 Å². The Balaban J connectivity index is 2.70. The van der Waals surface area contributed by atoms with Gasteiger partial charge in [-0.1, -0.05) is 0 Å². The number of aryl methyl sites for hydroxylation is 2. The quantitative estimate of drug-likeness (QED) is 0.700. The molecule has 0 unspecified atom stereocenters. The number of H-pyrrole nitrogens is 1. The van der Waals surface area contributed by atoms with Gasteiger partial charge in [0.15, 0.2) is 0 Å².